The first kappa shape index (κ1) is 11.9. The van der Waals surface area contributed by atoms with Crippen LogP contribution in [0.2, 0.25) is 5.02 Å². The molecule has 4 heteroatoms. The second-order valence-corrected chi connectivity index (χ2v) is 4.11. The highest BCUT2D eigenvalue weighted by Crippen LogP contribution is 2.18. The Bertz CT molecular complexity index is 361. The molecule has 0 bridgehead atoms. The molecule has 0 saturated carbocycles. The average molecular weight is 226 g/mol. The fourth-order valence-corrected chi connectivity index (χ4v) is 1.21. The molecule has 0 aliphatic carbocycles. The van der Waals surface area contributed by atoms with Crippen LogP contribution in [-0.4, -0.2) is 0 Å². The van der Waals surface area contributed by atoms with Gasteiger partial charge in [0.05, 0.1) is 5.69 Å². The molecule has 1 rings (SSSR count). The van der Waals surface area contributed by atoms with E-state index in [4.69, 9.17) is 23.2 Å². The first-order chi connectivity index (χ1) is 7.00. The van der Waals surface area contributed by atoms with Gasteiger partial charge in [-0.1, -0.05) is 31.5 Å². The molecular weight excluding hydrogens is 210 g/mol. The summed E-state index contributed by atoms with van der Waals surface area (Å²) in [5, 5.41) is 2.13. The molecule has 0 aliphatic rings. The molecule has 0 spiro atoms. The number of hydrogen-bond donors (Lipinski definition) is 2. The van der Waals surface area contributed by atoms with Gasteiger partial charge < -0.3 is 5.73 Å². The van der Waals surface area contributed by atoms with E-state index in [1.807, 2.05) is 26.0 Å². The van der Waals surface area contributed by atoms with Crippen molar-refractivity contribution in [2.45, 2.75) is 13.8 Å². The van der Waals surface area contributed by atoms with E-state index < -0.39 is 0 Å². The van der Waals surface area contributed by atoms with Gasteiger partial charge in [-0.25, -0.2) is 5.84 Å². The van der Waals surface area contributed by atoms with Gasteiger partial charge in [-0.2, -0.15) is 0 Å². The van der Waals surface area contributed by atoms with E-state index in [1.165, 1.54) is 5.01 Å². The lowest BCUT2D eigenvalue weighted by Crippen LogP contribution is -2.26. The molecule has 0 unspecified atom stereocenters. The lowest BCUT2D eigenvalue weighted by atomic mass is 10.1. The topological polar surface area (TPSA) is 55.3 Å². The van der Waals surface area contributed by atoms with Crippen molar-refractivity contribution in [3.63, 3.8) is 0 Å². The first-order valence-corrected chi connectivity index (χ1v) is 5.15. The summed E-state index contributed by atoms with van der Waals surface area (Å²) in [6, 6.07) is 7.30. The Hall–Kier alpha value is -1.19. The molecule has 1 aromatic carbocycles. The van der Waals surface area contributed by atoms with Crippen molar-refractivity contribution in [2.75, 3.05) is 5.01 Å². The van der Waals surface area contributed by atoms with Gasteiger partial charge in [-0.3, -0.25) is 5.01 Å². The van der Waals surface area contributed by atoms with Crippen molar-refractivity contribution in [2.24, 2.45) is 17.5 Å². The number of benzene rings is 1. The van der Waals surface area contributed by atoms with Gasteiger partial charge in [0.2, 0.25) is 0 Å². The zero-order valence-corrected chi connectivity index (χ0v) is 9.70. The molecule has 0 aromatic heterocycles. The Morgan fingerprint density at radius 1 is 1.47 bits per heavy atom. The molecule has 4 N–H and O–H groups in total. The number of nitrogens with two attached hydrogens (primary N) is 2. The van der Waals surface area contributed by atoms with Crippen LogP contribution in [0.15, 0.2) is 36.2 Å². The van der Waals surface area contributed by atoms with Crippen LogP contribution in [0.25, 0.3) is 0 Å². The molecule has 0 atom stereocenters. The van der Waals surface area contributed by atoms with E-state index in [1.54, 1.807) is 18.3 Å². The van der Waals surface area contributed by atoms with Gasteiger partial charge in [0, 0.05) is 16.9 Å². The molecule has 0 aliphatic heterocycles. The largest absolute Gasteiger partial charge is 0.401 e. The summed E-state index contributed by atoms with van der Waals surface area (Å²) in [6.07, 6.45) is 1.70. The minimum atomic E-state index is 0.273. The smallest absolute Gasteiger partial charge is 0.0583 e. The maximum Gasteiger partial charge on any atom is 0.0583 e. The standard InChI is InChI=1S/C11H16ClN3/c1-8(2)11(13)7-15(14)10-5-3-4-9(12)6-10/h3-8H,13-14H2,1-2H3/b11-7-. The van der Waals surface area contributed by atoms with Crippen molar-refractivity contribution in [3.8, 4) is 0 Å². The first-order valence-electron chi connectivity index (χ1n) is 4.77. The van der Waals surface area contributed by atoms with Crippen LogP contribution in [0.5, 0.6) is 0 Å². The van der Waals surface area contributed by atoms with Gasteiger partial charge in [0.25, 0.3) is 0 Å². The fourth-order valence-electron chi connectivity index (χ4n) is 1.02. The average Bonchev–Trinajstić information content (AvgIpc) is 2.17. The van der Waals surface area contributed by atoms with Crippen molar-refractivity contribution >= 4 is 17.3 Å². The van der Waals surface area contributed by atoms with Gasteiger partial charge >= 0.3 is 0 Å². The van der Waals surface area contributed by atoms with E-state index in [0.717, 1.165) is 11.4 Å². The number of nitrogens with zero attached hydrogens (tertiary/aromatic N) is 1. The highest BCUT2D eigenvalue weighted by molar-refractivity contribution is 6.30. The summed E-state index contributed by atoms with van der Waals surface area (Å²) in [5.41, 5.74) is 7.34. The lowest BCUT2D eigenvalue weighted by molar-refractivity contribution is 0.748. The Kier molecular flexibility index (Phi) is 4.00. The van der Waals surface area contributed by atoms with E-state index >= 15 is 0 Å². The van der Waals surface area contributed by atoms with E-state index in [2.05, 4.69) is 0 Å². The molecule has 15 heavy (non-hydrogen) atoms. The molecule has 1 aromatic rings. The van der Waals surface area contributed by atoms with Gasteiger partial charge in [0.15, 0.2) is 0 Å². The SMILES string of the molecule is CC(C)/C(N)=C/N(N)c1cccc(Cl)c1. The normalized spacial score (nSPS) is 11.9. The van der Waals surface area contributed by atoms with E-state index in [-0.39, 0.29) is 5.92 Å². The molecule has 0 radical (unpaired) electrons. The predicted octanol–water partition coefficient (Wildman–Crippen LogP) is 2.48. The number of anilines is 1. The molecule has 0 fully saturated rings. The van der Waals surface area contributed by atoms with Crippen LogP contribution in [0, 0.1) is 5.92 Å². The van der Waals surface area contributed by atoms with Gasteiger partial charge in [-0.05, 0) is 24.1 Å². The summed E-state index contributed by atoms with van der Waals surface area (Å²) in [6.45, 7) is 4.02. The maximum absolute atomic E-state index is 5.85. The van der Waals surface area contributed by atoms with E-state index in [0.29, 0.717) is 5.02 Å². The minimum absolute atomic E-state index is 0.273. The highest BCUT2D eigenvalue weighted by Gasteiger charge is 2.02. The monoisotopic (exact) mass is 225 g/mol. The van der Waals surface area contributed by atoms with Crippen LogP contribution in [0.4, 0.5) is 5.69 Å². The molecule has 0 saturated heterocycles. The number of halogens is 1. The van der Waals surface area contributed by atoms with Crippen LogP contribution in [0.1, 0.15) is 13.8 Å². The Morgan fingerprint density at radius 2 is 2.13 bits per heavy atom. The minimum Gasteiger partial charge on any atom is -0.401 e. The van der Waals surface area contributed by atoms with Crippen LogP contribution < -0.4 is 16.6 Å². The fraction of sp³-hybridized carbons (Fsp3) is 0.273. The summed E-state index contributed by atoms with van der Waals surface area (Å²) < 4.78 is 0. The van der Waals surface area contributed by atoms with E-state index in [9.17, 15) is 0 Å². The second kappa shape index (κ2) is 5.05. The number of rotatable bonds is 3. The third-order valence-electron chi connectivity index (χ3n) is 2.06. The highest BCUT2D eigenvalue weighted by atomic mass is 35.5. The van der Waals surface area contributed by atoms with Crippen LogP contribution in [0.3, 0.4) is 0 Å². The Morgan fingerprint density at radius 3 is 2.67 bits per heavy atom. The third kappa shape index (κ3) is 3.46. The lowest BCUT2D eigenvalue weighted by Gasteiger charge is -2.16. The summed E-state index contributed by atoms with van der Waals surface area (Å²) in [4.78, 5) is 0. The molecule has 3 nitrogen and oxygen atoms in total. The zero-order valence-electron chi connectivity index (χ0n) is 8.94. The molecule has 82 valence electrons. The third-order valence-corrected chi connectivity index (χ3v) is 2.30. The quantitative estimate of drug-likeness (QED) is 0.614. The molecule has 0 heterocycles. The summed E-state index contributed by atoms with van der Waals surface area (Å²) >= 11 is 5.85. The Labute approximate surface area is 95.3 Å². The van der Waals surface area contributed by atoms with Gasteiger partial charge in [-0.15, -0.1) is 0 Å². The van der Waals surface area contributed by atoms with Crippen LogP contribution in [-0.2, 0) is 0 Å². The molecule has 0 amide bonds. The summed E-state index contributed by atoms with van der Waals surface area (Å²) in [5.74, 6) is 6.09. The van der Waals surface area contributed by atoms with Crippen molar-refractivity contribution in [3.05, 3.63) is 41.2 Å². The number of hydrazine groups is 1. The zero-order chi connectivity index (χ0) is 11.4. The van der Waals surface area contributed by atoms with Crippen molar-refractivity contribution < 1.29 is 0 Å². The van der Waals surface area contributed by atoms with Crippen molar-refractivity contribution in [1.82, 2.24) is 0 Å². The molecular formula is C11H16ClN3. The Balaban J connectivity index is 2.86. The van der Waals surface area contributed by atoms with Gasteiger partial charge in [0.1, 0.15) is 0 Å². The van der Waals surface area contributed by atoms with Crippen molar-refractivity contribution in [1.29, 1.82) is 0 Å². The van der Waals surface area contributed by atoms with Crippen LogP contribution >= 0.6 is 11.6 Å². The number of hydrogen-bond acceptors (Lipinski definition) is 3. The number of allylic oxidation sites excluding steroid dienone is 1. The summed E-state index contributed by atoms with van der Waals surface area (Å²) in [7, 11) is 0. The second-order valence-electron chi connectivity index (χ2n) is 3.67. The predicted molar refractivity (Wildman–Crippen MR) is 65.2 cm³/mol. The maximum atomic E-state index is 5.85.